The topological polar surface area (TPSA) is 86.6 Å². The van der Waals surface area contributed by atoms with E-state index in [0.717, 1.165) is 22.3 Å². The van der Waals surface area contributed by atoms with E-state index in [4.69, 9.17) is 0 Å². The molecule has 3 N–H and O–H groups in total. The lowest BCUT2D eigenvalue weighted by atomic mass is 10.1. The van der Waals surface area contributed by atoms with Crippen LogP contribution >= 0.6 is 0 Å². The molecule has 0 aliphatic heterocycles. The summed E-state index contributed by atoms with van der Waals surface area (Å²) in [5, 5.41) is 18.9. The van der Waals surface area contributed by atoms with Gasteiger partial charge in [-0.3, -0.25) is 0 Å². The molecule has 0 radical (unpaired) electrons. The molecule has 0 aromatic heterocycles. The number of aromatic hydroxyl groups is 2. The van der Waals surface area contributed by atoms with Crippen molar-refractivity contribution in [3.05, 3.63) is 52.6 Å². The highest BCUT2D eigenvalue weighted by Crippen LogP contribution is 2.28. The fraction of sp³-hybridized carbons (Fsp3) is 0.294. The maximum Gasteiger partial charge on any atom is 0.240 e. The van der Waals surface area contributed by atoms with Gasteiger partial charge >= 0.3 is 0 Å². The lowest BCUT2D eigenvalue weighted by Crippen LogP contribution is -2.26. The van der Waals surface area contributed by atoms with Crippen molar-refractivity contribution in [2.24, 2.45) is 0 Å². The zero-order valence-corrected chi connectivity index (χ0v) is 14.2. The summed E-state index contributed by atoms with van der Waals surface area (Å²) in [4.78, 5) is 0.242. The molecule has 23 heavy (non-hydrogen) atoms. The van der Waals surface area contributed by atoms with Crippen LogP contribution in [0.1, 0.15) is 22.3 Å². The van der Waals surface area contributed by atoms with Crippen LogP contribution in [0.25, 0.3) is 0 Å². The molecule has 124 valence electrons. The first-order valence-electron chi connectivity index (χ1n) is 7.29. The van der Waals surface area contributed by atoms with E-state index in [1.54, 1.807) is 25.1 Å². The molecule has 0 fully saturated rings. The van der Waals surface area contributed by atoms with Crippen molar-refractivity contribution < 1.29 is 18.6 Å². The van der Waals surface area contributed by atoms with E-state index in [1.807, 2.05) is 13.8 Å². The minimum Gasteiger partial charge on any atom is -0.504 e. The number of benzene rings is 2. The zero-order valence-electron chi connectivity index (χ0n) is 13.4. The first kappa shape index (κ1) is 17.3. The van der Waals surface area contributed by atoms with Gasteiger partial charge in [0.25, 0.3) is 0 Å². The highest BCUT2D eigenvalue weighted by molar-refractivity contribution is 7.89. The maximum atomic E-state index is 12.3. The van der Waals surface area contributed by atoms with E-state index in [-0.39, 0.29) is 22.9 Å². The number of nitrogens with one attached hydrogen (secondary N) is 1. The average Bonchev–Trinajstić information content (AvgIpc) is 2.47. The molecule has 2 aromatic rings. The zero-order chi connectivity index (χ0) is 17.2. The number of rotatable bonds is 5. The van der Waals surface area contributed by atoms with Gasteiger partial charge in [-0.25, -0.2) is 13.1 Å². The van der Waals surface area contributed by atoms with Crippen molar-refractivity contribution in [1.29, 1.82) is 0 Å². The standard InChI is InChI=1S/C17H21NO4S/c1-11-4-5-15(8-12(11)2)23(21,22)18-7-6-14-10-17(20)16(19)9-13(14)3/h4-5,8-10,18-20H,6-7H2,1-3H3. The minimum absolute atomic E-state index is 0.179. The molecule has 0 atom stereocenters. The summed E-state index contributed by atoms with van der Waals surface area (Å²) in [6.07, 6.45) is 0.420. The number of phenolic OH excluding ortho intramolecular Hbond substituents is 2. The van der Waals surface area contributed by atoms with E-state index < -0.39 is 10.0 Å². The summed E-state index contributed by atoms with van der Waals surface area (Å²) in [5.41, 5.74) is 3.54. The van der Waals surface area contributed by atoms with Crippen LogP contribution in [0, 0.1) is 20.8 Å². The van der Waals surface area contributed by atoms with Gasteiger partial charge in [-0.2, -0.15) is 0 Å². The highest BCUT2D eigenvalue weighted by Gasteiger charge is 2.14. The van der Waals surface area contributed by atoms with Gasteiger partial charge < -0.3 is 10.2 Å². The van der Waals surface area contributed by atoms with Gasteiger partial charge in [-0.1, -0.05) is 6.07 Å². The van der Waals surface area contributed by atoms with Crippen molar-refractivity contribution in [3.63, 3.8) is 0 Å². The van der Waals surface area contributed by atoms with Crippen LogP contribution < -0.4 is 4.72 Å². The second kappa shape index (κ2) is 6.60. The Labute approximate surface area is 136 Å². The Bertz CT molecular complexity index is 829. The van der Waals surface area contributed by atoms with E-state index >= 15 is 0 Å². The molecule has 6 heteroatoms. The lowest BCUT2D eigenvalue weighted by molar-refractivity contribution is 0.402. The van der Waals surface area contributed by atoms with Gasteiger partial charge in [-0.05, 0) is 73.7 Å². The normalized spacial score (nSPS) is 11.6. The summed E-state index contributed by atoms with van der Waals surface area (Å²) in [6.45, 7) is 5.81. The van der Waals surface area contributed by atoms with E-state index in [2.05, 4.69) is 4.72 Å². The monoisotopic (exact) mass is 335 g/mol. The first-order chi connectivity index (χ1) is 10.7. The van der Waals surface area contributed by atoms with E-state index in [1.165, 1.54) is 12.1 Å². The quantitative estimate of drug-likeness (QED) is 0.733. The molecular weight excluding hydrogens is 314 g/mol. The Kier molecular flexibility index (Phi) is 4.97. The van der Waals surface area contributed by atoms with Crippen molar-refractivity contribution in [2.75, 3.05) is 6.54 Å². The van der Waals surface area contributed by atoms with Crippen LogP contribution in [0.2, 0.25) is 0 Å². The third-order valence-corrected chi connectivity index (χ3v) is 5.37. The molecule has 0 saturated heterocycles. The van der Waals surface area contributed by atoms with Crippen molar-refractivity contribution in [3.8, 4) is 11.5 Å². The number of phenols is 2. The Morgan fingerprint density at radius 2 is 1.57 bits per heavy atom. The summed E-state index contributed by atoms with van der Waals surface area (Å²) in [6, 6.07) is 7.93. The number of hydrogen-bond acceptors (Lipinski definition) is 4. The Hall–Kier alpha value is -2.05. The molecule has 0 spiro atoms. The van der Waals surface area contributed by atoms with Gasteiger partial charge in [0, 0.05) is 6.54 Å². The summed E-state index contributed by atoms with van der Waals surface area (Å²) in [5.74, 6) is -0.385. The molecule has 2 rings (SSSR count). The van der Waals surface area contributed by atoms with Gasteiger partial charge in [0.05, 0.1) is 4.90 Å². The van der Waals surface area contributed by atoms with Gasteiger partial charge in [-0.15, -0.1) is 0 Å². The predicted molar refractivity (Wildman–Crippen MR) is 89.3 cm³/mol. The van der Waals surface area contributed by atoms with Crippen LogP contribution in [0.15, 0.2) is 35.2 Å². The van der Waals surface area contributed by atoms with Crippen molar-refractivity contribution in [2.45, 2.75) is 32.1 Å². The first-order valence-corrected chi connectivity index (χ1v) is 8.77. The molecule has 0 heterocycles. The molecule has 0 saturated carbocycles. The Balaban J connectivity index is 2.08. The van der Waals surface area contributed by atoms with Crippen LogP contribution in [0.4, 0.5) is 0 Å². The second-order valence-electron chi connectivity index (χ2n) is 5.66. The number of sulfonamides is 1. The SMILES string of the molecule is Cc1ccc(S(=O)(=O)NCCc2cc(O)c(O)cc2C)cc1C. The second-order valence-corrected chi connectivity index (χ2v) is 7.43. The Morgan fingerprint density at radius 1 is 0.913 bits per heavy atom. The van der Waals surface area contributed by atoms with E-state index in [9.17, 15) is 18.6 Å². The molecule has 5 nitrogen and oxygen atoms in total. The Morgan fingerprint density at radius 3 is 2.22 bits per heavy atom. The fourth-order valence-electron chi connectivity index (χ4n) is 2.28. The number of aryl methyl sites for hydroxylation is 3. The molecule has 0 aliphatic rings. The van der Waals surface area contributed by atoms with Gasteiger partial charge in [0.1, 0.15) is 0 Å². The summed E-state index contributed by atoms with van der Waals surface area (Å²) in [7, 11) is -3.56. The number of hydrogen-bond donors (Lipinski definition) is 3. The van der Waals surface area contributed by atoms with Gasteiger partial charge in [0.15, 0.2) is 11.5 Å². The van der Waals surface area contributed by atoms with Crippen molar-refractivity contribution in [1.82, 2.24) is 4.72 Å². The van der Waals surface area contributed by atoms with Crippen LogP contribution in [0.5, 0.6) is 11.5 Å². The largest absolute Gasteiger partial charge is 0.504 e. The smallest absolute Gasteiger partial charge is 0.240 e. The predicted octanol–water partition coefficient (Wildman–Crippen LogP) is 2.54. The molecule has 0 amide bonds. The average molecular weight is 335 g/mol. The molecule has 0 unspecified atom stereocenters. The van der Waals surface area contributed by atoms with Crippen LogP contribution in [0.3, 0.4) is 0 Å². The van der Waals surface area contributed by atoms with Crippen LogP contribution in [-0.2, 0) is 16.4 Å². The van der Waals surface area contributed by atoms with Crippen molar-refractivity contribution >= 4 is 10.0 Å². The van der Waals surface area contributed by atoms with Gasteiger partial charge in [0.2, 0.25) is 10.0 Å². The van der Waals surface area contributed by atoms with E-state index in [0.29, 0.717) is 6.42 Å². The fourth-order valence-corrected chi connectivity index (χ4v) is 3.39. The van der Waals surface area contributed by atoms with Crippen LogP contribution in [-0.4, -0.2) is 25.2 Å². The maximum absolute atomic E-state index is 12.3. The lowest BCUT2D eigenvalue weighted by Gasteiger charge is -2.11. The summed E-state index contributed by atoms with van der Waals surface area (Å²) < 4.78 is 27.1. The highest BCUT2D eigenvalue weighted by atomic mass is 32.2. The molecule has 0 bridgehead atoms. The summed E-state index contributed by atoms with van der Waals surface area (Å²) >= 11 is 0. The third kappa shape index (κ3) is 4.03. The molecular formula is C17H21NO4S. The third-order valence-electron chi connectivity index (χ3n) is 3.91. The molecule has 0 aliphatic carbocycles. The molecule has 2 aromatic carbocycles. The minimum atomic E-state index is -3.56.